The summed E-state index contributed by atoms with van der Waals surface area (Å²) in [5, 5.41) is 8.01. The van der Waals surface area contributed by atoms with Crippen LogP contribution in [-0.4, -0.2) is 20.2 Å². The molecule has 0 amide bonds. The van der Waals surface area contributed by atoms with Gasteiger partial charge in [0.05, 0.1) is 5.69 Å². The molecule has 0 unspecified atom stereocenters. The normalized spacial score (nSPS) is 14.5. The van der Waals surface area contributed by atoms with Crippen LogP contribution in [0.15, 0.2) is 46.2 Å². The number of nitrogens with zero attached hydrogens (tertiary/aromatic N) is 3. The van der Waals surface area contributed by atoms with Crippen molar-refractivity contribution in [1.82, 2.24) is 20.2 Å². The van der Waals surface area contributed by atoms with E-state index in [2.05, 4.69) is 20.2 Å². The number of benzene rings is 1. The number of thioether (sulfide) groups is 1. The van der Waals surface area contributed by atoms with E-state index in [1.54, 1.807) is 18.0 Å². The molecule has 0 bridgehead atoms. The Morgan fingerprint density at radius 2 is 2.05 bits per heavy atom. The van der Waals surface area contributed by atoms with Crippen LogP contribution >= 0.6 is 11.8 Å². The van der Waals surface area contributed by atoms with Gasteiger partial charge in [-0.1, -0.05) is 30.0 Å². The van der Waals surface area contributed by atoms with Crippen LogP contribution in [0.2, 0.25) is 0 Å². The van der Waals surface area contributed by atoms with Crippen molar-refractivity contribution in [3.63, 3.8) is 0 Å². The quantitative estimate of drug-likeness (QED) is 0.728. The van der Waals surface area contributed by atoms with Crippen molar-refractivity contribution >= 4 is 11.8 Å². The molecule has 0 spiro atoms. The molecular weight excluding hydrogens is 284 g/mol. The van der Waals surface area contributed by atoms with Crippen LogP contribution in [0.4, 0.5) is 0 Å². The second-order valence-corrected chi connectivity index (χ2v) is 6.02. The third kappa shape index (κ3) is 2.85. The van der Waals surface area contributed by atoms with E-state index in [9.17, 15) is 0 Å². The molecule has 1 N–H and O–H groups in total. The van der Waals surface area contributed by atoms with Crippen LogP contribution in [0.1, 0.15) is 30.3 Å². The summed E-state index contributed by atoms with van der Waals surface area (Å²) in [4.78, 5) is 8.99. The van der Waals surface area contributed by atoms with Crippen LogP contribution in [0.25, 0.3) is 11.5 Å². The maximum absolute atomic E-state index is 5.52. The van der Waals surface area contributed by atoms with Crippen LogP contribution in [-0.2, 0) is 5.75 Å². The molecule has 0 radical (unpaired) electrons. The van der Waals surface area contributed by atoms with Crippen LogP contribution in [0, 0.1) is 0 Å². The molecule has 3 aromatic rings. The zero-order valence-electron chi connectivity index (χ0n) is 11.3. The van der Waals surface area contributed by atoms with E-state index in [1.165, 1.54) is 12.8 Å². The molecule has 4 rings (SSSR count). The summed E-state index contributed by atoms with van der Waals surface area (Å²) in [6.45, 7) is 0. The first-order valence-electron chi connectivity index (χ1n) is 6.93. The number of H-pyrrole nitrogens is 1. The second-order valence-electron chi connectivity index (χ2n) is 5.08. The Morgan fingerprint density at radius 1 is 1.19 bits per heavy atom. The van der Waals surface area contributed by atoms with E-state index < -0.39 is 0 Å². The number of aromatic nitrogens is 4. The lowest BCUT2D eigenvalue weighted by Gasteiger charge is -1.93. The summed E-state index contributed by atoms with van der Waals surface area (Å²) >= 11 is 1.57. The highest BCUT2D eigenvalue weighted by Crippen LogP contribution is 2.38. The predicted molar refractivity (Wildman–Crippen MR) is 79.9 cm³/mol. The van der Waals surface area contributed by atoms with Crippen molar-refractivity contribution in [1.29, 1.82) is 0 Å². The first-order chi connectivity index (χ1) is 10.4. The second kappa shape index (κ2) is 5.37. The van der Waals surface area contributed by atoms with E-state index in [4.69, 9.17) is 4.42 Å². The van der Waals surface area contributed by atoms with Gasteiger partial charge in [-0.3, -0.25) is 5.10 Å². The van der Waals surface area contributed by atoms with E-state index in [0.29, 0.717) is 17.6 Å². The summed E-state index contributed by atoms with van der Waals surface area (Å²) in [5.74, 6) is 2.98. The molecular formula is C15H14N4OS. The van der Waals surface area contributed by atoms with E-state index in [0.717, 1.165) is 22.2 Å². The van der Waals surface area contributed by atoms with E-state index in [1.807, 2.05) is 30.3 Å². The number of rotatable bonds is 5. The molecule has 0 aliphatic heterocycles. The summed E-state index contributed by atoms with van der Waals surface area (Å²) in [6, 6.07) is 9.89. The standard InChI is InChI=1S/C15H14N4OS/c1-2-4-11(5-3-1)14-16-12(8-20-14)9-21-15-17-13(18-19-15)10-6-7-10/h1-5,8,10H,6-7,9H2,(H,17,18,19). The topological polar surface area (TPSA) is 67.6 Å². The van der Waals surface area contributed by atoms with Gasteiger partial charge in [-0.25, -0.2) is 9.97 Å². The molecule has 1 fully saturated rings. The highest BCUT2D eigenvalue weighted by Gasteiger charge is 2.27. The lowest BCUT2D eigenvalue weighted by Crippen LogP contribution is -1.84. The Bertz CT molecular complexity index is 733. The largest absolute Gasteiger partial charge is 0.444 e. The molecule has 1 aliphatic rings. The maximum atomic E-state index is 5.52. The minimum Gasteiger partial charge on any atom is -0.444 e. The molecule has 0 saturated heterocycles. The summed E-state index contributed by atoms with van der Waals surface area (Å²) in [6.07, 6.45) is 4.15. The predicted octanol–water partition coefficient (Wildman–Crippen LogP) is 3.63. The number of hydrogen-bond donors (Lipinski definition) is 1. The molecule has 106 valence electrons. The third-order valence-corrected chi connectivity index (χ3v) is 4.25. The smallest absolute Gasteiger partial charge is 0.226 e. The highest BCUT2D eigenvalue weighted by molar-refractivity contribution is 7.98. The Balaban J connectivity index is 1.41. The molecule has 1 aromatic carbocycles. The van der Waals surface area contributed by atoms with Crippen molar-refractivity contribution in [3.05, 3.63) is 48.1 Å². The number of aromatic amines is 1. The maximum Gasteiger partial charge on any atom is 0.226 e. The average molecular weight is 298 g/mol. The van der Waals surface area contributed by atoms with Gasteiger partial charge in [-0.2, -0.15) is 0 Å². The lowest BCUT2D eigenvalue weighted by atomic mass is 10.2. The first-order valence-corrected chi connectivity index (χ1v) is 7.92. The number of nitrogens with one attached hydrogen (secondary N) is 1. The van der Waals surface area contributed by atoms with Crippen molar-refractivity contribution in [2.45, 2.75) is 29.7 Å². The summed E-state index contributed by atoms with van der Waals surface area (Å²) < 4.78 is 5.52. The van der Waals surface area contributed by atoms with Gasteiger partial charge in [0, 0.05) is 17.2 Å². The zero-order chi connectivity index (χ0) is 14.1. The van der Waals surface area contributed by atoms with Crippen molar-refractivity contribution in [2.24, 2.45) is 0 Å². The zero-order valence-corrected chi connectivity index (χ0v) is 12.1. The summed E-state index contributed by atoms with van der Waals surface area (Å²) in [7, 11) is 0. The van der Waals surface area contributed by atoms with Gasteiger partial charge in [0.25, 0.3) is 0 Å². The van der Waals surface area contributed by atoms with Crippen LogP contribution in [0.5, 0.6) is 0 Å². The minimum absolute atomic E-state index is 0.601. The van der Waals surface area contributed by atoms with Crippen molar-refractivity contribution in [3.8, 4) is 11.5 Å². The molecule has 21 heavy (non-hydrogen) atoms. The average Bonchev–Trinajstić information content (AvgIpc) is 3.09. The van der Waals surface area contributed by atoms with Gasteiger partial charge in [-0.05, 0) is 25.0 Å². The Morgan fingerprint density at radius 3 is 2.86 bits per heavy atom. The number of oxazole rings is 1. The van der Waals surface area contributed by atoms with Crippen molar-refractivity contribution < 1.29 is 4.42 Å². The molecule has 1 saturated carbocycles. The van der Waals surface area contributed by atoms with Gasteiger partial charge in [0.1, 0.15) is 12.1 Å². The Labute approximate surface area is 126 Å². The van der Waals surface area contributed by atoms with Crippen LogP contribution < -0.4 is 0 Å². The van der Waals surface area contributed by atoms with Gasteiger partial charge in [0.2, 0.25) is 11.0 Å². The number of hydrogen-bond acceptors (Lipinski definition) is 5. The molecule has 1 aliphatic carbocycles. The van der Waals surface area contributed by atoms with Gasteiger partial charge in [0.15, 0.2) is 0 Å². The molecule has 6 heteroatoms. The highest BCUT2D eigenvalue weighted by atomic mass is 32.2. The first kappa shape index (κ1) is 12.6. The van der Waals surface area contributed by atoms with E-state index >= 15 is 0 Å². The molecule has 2 heterocycles. The Hall–Kier alpha value is -2.08. The van der Waals surface area contributed by atoms with Gasteiger partial charge < -0.3 is 4.42 Å². The SMILES string of the molecule is c1ccc(-c2nc(CSc3n[nH]c(C4CC4)n3)co2)cc1. The lowest BCUT2D eigenvalue weighted by molar-refractivity contribution is 0.573. The third-order valence-electron chi connectivity index (χ3n) is 3.37. The monoisotopic (exact) mass is 298 g/mol. The van der Waals surface area contributed by atoms with Crippen LogP contribution in [0.3, 0.4) is 0 Å². The fourth-order valence-corrected chi connectivity index (χ4v) is 2.77. The van der Waals surface area contributed by atoms with Gasteiger partial charge >= 0.3 is 0 Å². The fraction of sp³-hybridized carbons (Fsp3) is 0.267. The molecule has 0 atom stereocenters. The summed E-state index contributed by atoms with van der Waals surface area (Å²) in [5.41, 5.74) is 1.89. The Kier molecular flexibility index (Phi) is 3.23. The van der Waals surface area contributed by atoms with Gasteiger partial charge in [-0.15, -0.1) is 5.10 Å². The molecule has 2 aromatic heterocycles. The minimum atomic E-state index is 0.601. The molecule has 5 nitrogen and oxygen atoms in total. The van der Waals surface area contributed by atoms with Crippen molar-refractivity contribution in [2.75, 3.05) is 0 Å². The fourth-order valence-electron chi connectivity index (χ4n) is 2.09. The van der Waals surface area contributed by atoms with E-state index in [-0.39, 0.29) is 0 Å².